The van der Waals surface area contributed by atoms with Gasteiger partial charge in [0.25, 0.3) is 0 Å². The van der Waals surface area contributed by atoms with Crippen LogP contribution in [0.2, 0.25) is 5.02 Å². The van der Waals surface area contributed by atoms with Crippen LogP contribution in [-0.4, -0.2) is 29.9 Å². The van der Waals surface area contributed by atoms with Crippen LogP contribution in [0.5, 0.6) is 0 Å². The molecule has 22 heavy (non-hydrogen) atoms. The van der Waals surface area contributed by atoms with Crippen molar-refractivity contribution >= 4 is 23.2 Å². The SMILES string of the molecule is C[C@@H]1CCCCN1CC(=O)Nc1cc(C(F)(F)F)ccc1Cl. The zero-order chi connectivity index (χ0) is 16.3. The Hall–Kier alpha value is -1.27. The number of piperidine rings is 1. The zero-order valence-corrected chi connectivity index (χ0v) is 13.0. The molecule has 122 valence electrons. The molecule has 1 amide bonds. The molecule has 1 N–H and O–H groups in total. The Morgan fingerprint density at radius 2 is 2.14 bits per heavy atom. The van der Waals surface area contributed by atoms with Gasteiger partial charge in [-0.25, -0.2) is 0 Å². The quantitative estimate of drug-likeness (QED) is 0.899. The lowest BCUT2D eigenvalue weighted by Crippen LogP contribution is -2.42. The fourth-order valence-corrected chi connectivity index (χ4v) is 2.73. The highest BCUT2D eigenvalue weighted by atomic mass is 35.5. The van der Waals surface area contributed by atoms with Gasteiger partial charge in [-0.15, -0.1) is 0 Å². The van der Waals surface area contributed by atoms with E-state index in [9.17, 15) is 18.0 Å². The van der Waals surface area contributed by atoms with Crippen molar-refractivity contribution in [2.45, 2.75) is 38.4 Å². The lowest BCUT2D eigenvalue weighted by Gasteiger charge is -2.32. The van der Waals surface area contributed by atoms with Crippen molar-refractivity contribution in [2.75, 3.05) is 18.4 Å². The first-order chi connectivity index (χ1) is 10.3. The number of hydrogen-bond acceptors (Lipinski definition) is 2. The molecule has 1 fully saturated rings. The van der Waals surface area contributed by atoms with Crippen molar-refractivity contribution in [3.05, 3.63) is 28.8 Å². The molecule has 0 aromatic heterocycles. The molecule has 1 aliphatic heterocycles. The van der Waals surface area contributed by atoms with Crippen molar-refractivity contribution < 1.29 is 18.0 Å². The molecule has 2 rings (SSSR count). The van der Waals surface area contributed by atoms with Crippen molar-refractivity contribution in [3.63, 3.8) is 0 Å². The van der Waals surface area contributed by atoms with Gasteiger partial charge in [0.05, 0.1) is 22.8 Å². The Bertz CT molecular complexity index is 548. The van der Waals surface area contributed by atoms with Gasteiger partial charge in [-0.3, -0.25) is 9.69 Å². The number of likely N-dealkylation sites (tertiary alicyclic amines) is 1. The van der Waals surface area contributed by atoms with Gasteiger partial charge in [0.15, 0.2) is 0 Å². The minimum atomic E-state index is -4.47. The molecule has 1 saturated heterocycles. The van der Waals surface area contributed by atoms with Crippen LogP contribution in [-0.2, 0) is 11.0 Å². The Morgan fingerprint density at radius 3 is 2.77 bits per heavy atom. The molecule has 1 aliphatic rings. The Morgan fingerprint density at radius 1 is 1.41 bits per heavy atom. The molecular formula is C15H18ClF3N2O. The topological polar surface area (TPSA) is 32.3 Å². The van der Waals surface area contributed by atoms with E-state index in [1.165, 1.54) is 0 Å². The number of carbonyl (C=O) groups excluding carboxylic acids is 1. The van der Waals surface area contributed by atoms with Gasteiger partial charge in [0, 0.05) is 6.04 Å². The van der Waals surface area contributed by atoms with Crippen LogP contribution < -0.4 is 5.32 Å². The molecule has 3 nitrogen and oxygen atoms in total. The molecule has 0 aliphatic carbocycles. The van der Waals surface area contributed by atoms with E-state index in [2.05, 4.69) is 5.32 Å². The lowest BCUT2D eigenvalue weighted by molar-refractivity contribution is -0.137. The maximum absolute atomic E-state index is 12.7. The molecule has 1 aromatic rings. The van der Waals surface area contributed by atoms with Crippen LogP contribution >= 0.6 is 11.6 Å². The van der Waals surface area contributed by atoms with Crippen LogP contribution in [0.4, 0.5) is 18.9 Å². The number of amides is 1. The van der Waals surface area contributed by atoms with E-state index in [1.54, 1.807) is 0 Å². The summed E-state index contributed by atoms with van der Waals surface area (Å²) >= 11 is 5.87. The van der Waals surface area contributed by atoms with Gasteiger partial charge in [-0.2, -0.15) is 13.2 Å². The molecule has 0 radical (unpaired) electrons. The number of carbonyl (C=O) groups is 1. The summed E-state index contributed by atoms with van der Waals surface area (Å²) in [5.41, 5.74) is -0.843. The minimum Gasteiger partial charge on any atom is -0.324 e. The van der Waals surface area contributed by atoms with Gasteiger partial charge < -0.3 is 5.32 Å². The van der Waals surface area contributed by atoms with Gasteiger partial charge in [-0.1, -0.05) is 18.0 Å². The highest BCUT2D eigenvalue weighted by molar-refractivity contribution is 6.33. The van der Waals surface area contributed by atoms with Crippen LogP contribution in [0.15, 0.2) is 18.2 Å². The van der Waals surface area contributed by atoms with E-state index in [4.69, 9.17) is 11.6 Å². The standard InChI is InChI=1S/C15H18ClF3N2O/c1-10-4-2-3-7-21(10)9-14(22)20-13-8-11(15(17,18)19)5-6-12(13)16/h5-6,8,10H,2-4,7,9H2,1H3,(H,20,22)/t10-/m1/s1. The van der Waals surface area contributed by atoms with Crippen molar-refractivity contribution in [3.8, 4) is 0 Å². The summed E-state index contributed by atoms with van der Waals surface area (Å²) in [5, 5.41) is 2.57. The van der Waals surface area contributed by atoms with Crippen LogP contribution in [0, 0.1) is 0 Å². The molecule has 1 aromatic carbocycles. The third-order valence-corrected chi connectivity index (χ3v) is 4.18. The summed E-state index contributed by atoms with van der Waals surface area (Å²) in [7, 11) is 0. The van der Waals surface area contributed by atoms with Crippen LogP contribution in [0.3, 0.4) is 0 Å². The second kappa shape index (κ2) is 6.87. The average Bonchev–Trinajstić information content (AvgIpc) is 2.42. The Labute approximate surface area is 132 Å². The minimum absolute atomic E-state index is 0.00819. The number of rotatable bonds is 3. The summed E-state index contributed by atoms with van der Waals surface area (Å²) in [6, 6.07) is 3.20. The van der Waals surface area contributed by atoms with Crippen molar-refractivity contribution in [1.29, 1.82) is 0 Å². The number of nitrogens with zero attached hydrogens (tertiary/aromatic N) is 1. The molecule has 7 heteroatoms. The number of nitrogens with one attached hydrogen (secondary N) is 1. The third kappa shape index (κ3) is 4.36. The van der Waals surface area contributed by atoms with Gasteiger partial charge >= 0.3 is 6.18 Å². The van der Waals surface area contributed by atoms with E-state index in [0.717, 1.165) is 44.0 Å². The molecule has 1 heterocycles. The molecule has 0 spiro atoms. The van der Waals surface area contributed by atoms with E-state index in [0.29, 0.717) is 6.04 Å². The van der Waals surface area contributed by atoms with E-state index < -0.39 is 11.7 Å². The first-order valence-electron chi connectivity index (χ1n) is 7.18. The molecule has 0 unspecified atom stereocenters. The number of anilines is 1. The van der Waals surface area contributed by atoms with Crippen LogP contribution in [0.1, 0.15) is 31.7 Å². The zero-order valence-electron chi connectivity index (χ0n) is 12.2. The lowest BCUT2D eigenvalue weighted by atomic mass is 10.0. The Balaban J connectivity index is 2.04. The first-order valence-corrected chi connectivity index (χ1v) is 7.56. The summed E-state index contributed by atoms with van der Waals surface area (Å²) < 4.78 is 38.1. The highest BCUT2D eigenvalue weighted by Crippen LogP contribution is 2.33. The first kappa shape index (κ1) is 17.1. The van der Waals surface area contributed by atoms with Gasteiger partial charge in [0.1, 0.15) is 0 Å². The second-order valence-corrected chi connectivity index (χ2v) is 5.96. The van der Waals surface area contributed by atoms with Gasteiger partial charge in [-0.05, 0) is 44.5 Å². The summed E-state index contributed by atoms with van der Waals surface area (Å²) in [6.45, 7) is 3.03. The van der Waals surface area contributed by atoms with E-state index in [1.807, 2.05) is 11.8 Å². The number of hydrogen-bond donors (Lipinski definition) is 1. The maximum Gasteiger partial charge on any atom is 0.416 e. The molecule has 0 bridgehead atoms. The van der Waals surface area contributed by atoms with Gasteiger partial charge in [0.2, 0.25) is 5.91 Å². The summed E-state index contributed by atoms with van der Waals surface area (Å²) in [5.74, 6) is -0.352. The highest BCUT2D eigenvalue weighted by Gasteiger charge is 2.31. The monoisotopic (exact) mass is 334 g/mol. The molecular weight excluding hydrogens is 317 g/mol. The normalized spacial score (nSPS) is 20.0. The smallest absolute Gasteiger partial charge is 0.324 e. The van der Waals surface area contributed by atoms with E-state index >= 15 is 0 Å². The van der Waals surface area contributed by atoms with Crippen molar-refractivity contribution in [1.82, 2.24) is 4.90 Å². The average molecular weight is 335 g/mol. The van der Waals surface area contributed by atoms with E-state index in [-0.39, 0.29) is 23.2 Å². The molecule has 0 saturated carbocycles. The summed E-state index contributed by atoms with van der Waals surface area (Å²) in [6.07, 6.45) is -1.27. The maximum atomic E-state index is 12.7. The Kier molecular flexibility index (Phi) is 5.34. The predicted molar refractivity (Wildman–Crippen MR) is 80.0 cm³/mol. The third-order valence-electron chi connectivity index (χ3n) is 3.86. The largest absolute Gasteiger partial charge is 0.416 e. The van der Waals surface area contributed by atoms with Crippen LogP contribution in [0.25, 0.3) is 0 Å². The number of halogens is 4. The number of benzene rings is 1. The van der Waals surface area contributed by atoms with Crippen molar-refractivity contribution in [2.24, 2.45) is 0 Å². The fourth-order valence-electron chi connectivity index (χ4n) is 2.56. The predicted octanol–water partition coefficient (Wildman–Crippen LogP) is 4.17. The second-order valence-electron chi connectivity index (χ2n) is 5.56. The fraction of sp³-hybridized carbons (Fsp3) is 0.533. The number of alkyl halides is 3. The summed E-state index contributed by atoms with van der Waals surface area (Å²) in [4.78, 5) is 14.1. The molecule has 1 atom stereocenters.